The molecular weight excluding hydrogens is 248 g/mol. The first kappa shape index (κ1) is 13.2. The number of fused-ring (bicyclic) bond motifs is 1. The van der Waals surface area contributed by atoms with E-state index in [0.717, 1.165) is 16.7 Å². The second-order valence-corrected chi connectivity index (χ2v) is 4.56. The number of carbonyl (C=O) groups excluding carboxylic acids is 2. The topological polar surface area (TPSA) is 105 Å². The van der Waals surface area contributed by atoms with Crippen LogP contribution in [0.3, 0.4) is 0 Å². The normalized spacial score (nSPS) is 21.3. The molecule has 0 spiro atoms. The molecule has 2 rings (SSSR count). The lowest BCUT2D eigenvalue weighted by Crippen LogP contribution is -2.26. The molecule has 0 saturated carbocycles. The molecule has 0 heterocycles. The van der Waals surface area contributed by atoms with E-state index in [9.17, 15) is 9.59 Å². The first-order chi connectivity index (χ1) is 8.97. The van der Waals surface area contributed by atoms with E-state index in [2.05, 4.69) is 0 Å². The second kappa shape index (κ2) is 5.17. The molecule has 0 saturated heterocycles. The van der Waals surface area contributed by atoms with Crippen LogP contribution in [0.15, 0.2) is 18.2 Å². The summed E-state index contributed by atoms with van der Waals surface area (Å²) in [7, 11) is 0. The molecule has 4 N–H and O–H groups in total. The fourth-order valence-corrected chi connectivity index (χ4v) is 2.41. The standard InChI is InChI=1S/C13H16N2O4/c1-7-2-3-8-9(6-7)11(19-13(15)17)5-4-10(8)18-12(14)16/h2-3,6,10-11H,4-5H2,1H3,(H2,14,16)(H2,15,17). The Hall–Kier alpha value is -2.24. The molecule has 2 unspecified atom stereocenters. The Labute approximate surface area is 110 Å². The monoisotopic (exact) mass is 264 g/mol. The summed E-state index contributed by atoms with van der Waals surface area (Å²) in [5.74, 6) is 0. The molecule has 0 bridgehead atoms. The molecule has 0 aromatic heterocycles. The minimum absolute atomic E-state index is 0.402. The molecule has 1 aromatic rings. The number of nitrogens with two attached hydrogens (primary N) is 2. The predicted octanol–water partition coefficient (Wildman–Crippen LogP) is 2.06. The Bertz CT molecular complexity index is 515. The number of amides is 2. The molecule has 19 heavy (non-hydrogen) atoms. The van der Waals surface area contributed by atoms with E-state index < -0.39 is 24.4 Å². The lowest BCUT2D eigenvalue weighted by atomic mass is 9.86. The van der Waals surface area contributed by atoms with Crippen LogP contribution in [0.25, 0.3) is 0 Å². The van der Waals surface area contributed by atoms with Gasteiger partial charge in [-0.3, -0.25) is 0 Å². The number of primary amides is 2. The van der Waals surface area contributed by atoms with Gasteiger partial charge in [0.05, 0.1) is 0 Å². The Balaban J connectivity index is 2.34. The number of carbonyl (C=O) groups is 2. The maximum Gasteiger partial charge on any atom is 0.405 e. The Morgan fingerprint density at radius 3 is 2.11 bits per heavy atom. The van der Waals surface area contributed by atoms with E-state index >= 15 is 0 Å². The van der Waals surface area contributed by atoms with Gasteiger partial charge in [-0.05, 0) is 30.9 Å². The van der Waals surface area contributed by atoms with E-state index in [1.165, 1.54) is 0 Å². The number of benzene rings is 1. The van der Waals surface area contributed by atoms with Crippen LogP contribution >= 0.6 is 0 Å². The lowest BCUT2D eigenvalue weighted by molar-refractivity contribution is 0.0532. The maximum absolute atomic E-state index is 10.9. The number of rotatable bonds is 2. The molecule has 1 aromatic carbocycles. The van der Waals surface area contributed by atoms with Crippen LogP contribution in [0.4, 0.5) is 9.59 Å². The van der Waals surface area contributed by atoms with Crippen LogP contribution in [-0.4, -0.2) is 12.2 Å². The summed E-state index contributed by atoms with van der Waals surface area (Å²) in [6, 6.07) is 5.66. The van der Waals surface area contributed by atoms with Crippen molar-refractivity contribution in [1.82, 2.24) is 0 Å². The SMILES string of the molecule is Cc1ccc2c(c1)C(OC(N)=O)CCC2OC(N)=O. The van der Waals surface area contributed by atoms with Crippen LogP contribution < -0.4 is 11.5 Å². The molecule has 0 radical (unpaired) electrons. The average molecular weight is 264 g/mol. The first-order valence-corrected chi connectivity index (χ1v) is 6.00. The molecule has 6 heteroatoms. The highest BCUT2D eigenvalue weighted by molar-refractivity contribution is 5.66. The van der Waals surface area contributed by atoms with Crippen LogP contribution in [-0.2, 0) is 9.47 Å². The predicted molar refractivity (Wildman–Crippen MR) is 67.2 cm³/mol. The summed E-state index contributed by atoms with van der Waals surface area (Å²) in [6.45, 7) is 1.93. The van der Waals surface area contributed by atoms with Gasteiger partial charge in [0.2, 0.25) is 0 Å². The van der Waals surface area contributed by atoms with E-state index in [1.807, 2.05) is 25.1 Å². The quantitative estimate of drug-likeness (QED) is 0.852. The molecule has 2 atom stereocenters. The number of hydrogen-bond acceptors (Lipinski definition) is 4. The molecular formula is C13H16N2O4. The van der Waals surface area contributed by atoms with Gasteiger partial charge >= 0.3 is 12.2 Å². The Morgan fingerprint density at radius 1 is 1.05 bits per heavy atom. The van der Waals surface area contributed by atoms with E-state index in [1.54, 1.807) is 0 Å². The van der Waals surface area contributed by atoms with Crippen LogP contribution in [0.5, 0.6) is 0 Å². The van der Waals surface area contributed by atoms with Gasteiger partial charge in [-0.2, -0.15) is 0 Å². The fraction of sp³-hybridized carbons (Fsp3) is 0.385. The van der Waals surface area contributed by atoms with Gasteiger partial charge < -0.3 is 20.9 Å². The zero-order valence-electron chi connectivity index (χ0n) is 10.6. The van der Waals surface area contributed by atoms with Crippen LogP contribution in [0, 0.1) is 6.92 Å². The Kier molecular flexibility index (Phi) is 3.59. The third-order valence-corrected chi connectivity index (χ3v) is 3.14. The van der Waals surface area contributed by atoms with Gasteiger partial charge in [-0.15, -0.1) is 0 Å². The summed E-state index contributed by atoms with van der Waals surface area (Å²) in [5, 5.41) is 0. The number of aryl methyl sites for hydroxylation is 1. The summed E-state index contributed by atoms with van der Waals surface area (Å²) in [5.41, 5.74) is 12.8. The van der Waals surface area contributed by atoms with Crippen molar-refractivity contribution in [1.29, 1.82) is 0 Å². The van der Waals surface area contributed by atoms with Crippen LogP contribution in [0.1, 0.15) is 41.7 Å². The van der Waals surface area contributed by atoms with Gasteiger partial charge in [0, 0.05) is 0 Å². The highest BCUT2D eigenvalue weighted by Crippen LogP contribution is 2.40. The summed E-state index contributed by atoms with van der Waals surface area (Å²) >= 11 is 0. The third kappa shape index (κ3) is 2.96. The molecule has 1 aliphatic carbocycles. The van der Waals surface area contributed by atoms with Gasteiger partial charge in [0.25, 0.3) is 0 Å². The van der Waals surface area contributed by atoms with Crippen LogP contribution in [0.2, 0.25) is 0 Å². The largest absolute Gasteiger partial charge is 0.441 e. The van der Waals surface area contributed by atoms with Crippen molar-refractivity contribution >= 4 is 12.2 Å². The van der Waals surface area contributed by atoms with E-state index in [0.29, 0.717) is 12.8 Å². The van der Waals surface area contributed by atoms with Crippen molar-refractivity contribution in [2.24, 2.45) is 11.5 Å². The van der Waals surface area contributed by atoms with Gasteiger partial charge in [-0.1, -0.05) is 23.8 Å². The fourth-order valence-electron chi connectivity index (χ4n) is 2.41. The molecule has 1 aliphatic rings. The molecule has 0 aliphatic heterocycles. The van der Waals surface area contributed by atoms with E-state index in [4.69, 9.17) is 20.9 Å². The second-order valence-electron chi connectivity index (χ2n) is 4.56. The molecule has 2 amide bonds. The number of hydrogen-bond donors (Lipinski definition) is 2. The van der Waals surface area contributed by atoms with Crippen molar-refractivity contribution in [3.63, 3.8) is 0 Å². The van der Waals surface area contributed by atoms with E-state index in [-0.39, 0.29) is 0 Å². The molecule has 6 nitrogen and oxygen atoms in total. The van der Waals surface area contributed by atoms with Crippen molar-refractivity contribution in [3.05, 3.63) is 34.9 Å². The highest BCUT2D eigenvalue weighted by atomic mass is 16.6. The van der Waals surface area contributed by atoms with Gasteiger partial charge in [0.15, 0.2) is 0 Å². The van der Waals surface area contributed by atoms with Crippen molar-refractivity contribution < 1.29 is 19.1 Å². The number of ether oxygens (including phenoxy) is 2. The lowest BCUT2D eigenvalue weighted by Gasteiger charge is -2.30. The third-order valence-electron chi connectivity index (χ3n) is 3.14. The van der Waals surface area contributed by atoms with Crippen molar-refractivity contribution in [2.45, 2.75) is 32.0 Å². The zero-order chi connectivity index (χ0) is 14.0. The van der Waals surface area contributed by atoms with Gasteiger partial charge in [-0.25, -0.2) is 9.59 Å². The van der Waals surface area contributed by atoms with Crippen molar-refractivity contribution in [2.75, 3.05) is 0 Å². The maximum atomic E-state index is 10.9. The van der Waals surface area contributed by atoms with Gasteiger partial charge in [0.1, 0.15) is 12.2 Å². The molecule has 102 valence electrons. The first-order valence-electron chi connectivity index (χ1n) is 6.00. The summed E-state index contributed by atoms with van der Waals surface area (Å²) < 4.78 is 10.2. The zero-order valence-corrected chi connectivity index (χ0v) is 10.6. The smallest absolute Gasteiger partial charge is 0.405 e. The highest BCUT2D eigenvalue weighted by Gasteiger charge is 2.31. The summed E-state index contributed by atoms with van der Waals surface area (Å²) in [4.78, 5) is 21.8. The minimum atomic E-state index is -0.814. The Morgan fingerprint density at radius 2 is 1.58 bits per heavy atom. The average Bonchev–Trinajstić information content (AvgIpc) is 2.31. The molecule has 0 fully saturated rings. The summed E-state index contributed by atoms with van der Waals surface area (Å²) in [6.07, 6.45) is -1.35. The van der Waals surface area contributed by atoms with Crippen molar-refractivity contribution in [3.8, 4) is 0 Å². The minimum Gasteiger partial charge on any atom is -0.441 e.